The van der Waals surface area contributed by atoms with Crippen LogP contribution < -0.4 is 5.32 Å². The fourth-order valence-corrected chi connectivity index (χ4v) is 2.52. The largest absolute Gasteiger partial charge is 0.342 e. The number of hydrogen-bond acceptors (Lipinski definition) is 2. The number of rotatable bonds is 7. The Hall–Kier alpha value is -1.35. The van der Waals surface area contributed by atoms with Gasteiger partial charge >= 0.3 is 0 Å². The molecule has 0 saturated carbocycles. The van der Waals surface area contributed by atoms with Crippen LogP contribution in [0.1, 0.15) is 64.6 Å². The maximum atomic E-state index is 12.3. The maximum absolute atomic E-state index is 12.3. The summed E-state index contributed by atoms with van der Waals surface area (Å²) in [7, 11) is 0. The van der Waals surface area contributed by atoms with Gasteiger partial charge in [-0.1, -0.05) is 38.1 Å². The number of nitrogens with one attached hydrogen (secondary N) is 1. The molecule has 0 aliphatic heterocycles. The van der Waals surface area contributed by atoms with Gasteiger partial charge in [-0.15, -0.1) is 0 Å². The second-order valence-corrected chi connectivity index (χ2v) is 5.94. The molecule has 0 aliphatic rings. The van der Waals surface area contributed by atoms with Crippen LogP contribution in [-0.4, -0.2) is 29.9 Å². The van der Waals surface area contributed by atoms with Crippen molar-refractivity contribution in [2.24, 2.45) is 0 Å². The van der Waals surface area contributed by atoms with Crippen molar-refractivity contribution in [3.05, 3.63) is 35.4 Å². The zero-order valence-corrected chi connectivity index (χ0v) is 14.3. The van der Waals surface area contributed by atoms with E-state index in [0.29, 0.717) is 5.92 Å². The van der Waals surface area contributed by atoms with Crippen molar-refractivity contribution < 1.29 is 4.79 Å². The molecular weight excluding hydrogens is 260 g/mol. The number of nitrogens with zero attached hydrogens (tertiary/aromatic N) is 1. The molecule has 21 heavy (non-hydrogen) atoms. The quantitative estimate of drug-likeness (QED) is 0.830. The smallest absolute Gasteiger partial charge is 0.239 e. The van der Waals surface area contributed by atoms with Crippen LogP contribution in [0.25, 0.3) is 0 Å². The molecule has 0 aliphatic carbocycles. The number of amides is 1. The predicted molar refractivity (Wildman–Crippen MR) is 89.5 cm³/mol. The van der Waals surface area contributed by atoms with E-state index < -0.39 is 0 Å². The van der Waals surface area contributed by atoms with Gasteiger partial charge in [0.2, 0.25) is 5.91 Å². The number of likely N-dealkylation sites (N-methyl/N-ethyl adjacent to an activating group) is 1. The summed E-state index contributed by atoms with van der Waals surface area (Å²) in [4.78, 5) is 14.1. The molecule has 1 rings (SSSR count). The fourth-order valence-electron chi connectivity index (χ4n) is 2.52. The lowest BCUT2D eigenvalue weighted by molar-refractivity contribution is -0.132. The number of benzene rings is 1. The lowest BCUT2D eigenvalue weighted by Crippen LogP contribution is -2.45. The number of hydrogen-bond donors (Lipinski definition) is 1. The lowest BCUT2D eigenvalue weighted by atomic mass is 9.99. The number of carbonyl (C=O) groups is 1. The summed E-state index contributed by atoms with van der Waals surface area (Å²) in [6.07, 6.45) is 0. The molecule has 0 bridgehead atoms. The van der Waals surface area contributed by atoms with Gasteiger partial charge < -0.3 is 4.90 Å². The van der Waals surface area contributed by atoms with Crippen molar-refractivity contribution in [3.63, 3.8) is 0 Å². The van der Waals surface area contributed by atoms with E-state index in [2.05, 4.69) is 50.4 Å². The van der Waals surface area contributed by atoms with Crippen LogP contribution in [0.2, 0.25) is 0 Å². The standard InChI is InChI=1S/C18H30N2O/c1-7-20(8-2)18(21)15(6)19-14(5)17-11-9-16(10-12-17)13(3)4/h9-15,19H,7-8H2,1-6H3. The Bertz CT molecular complexity index is 435. The Kier molecular flexibility index (Phi) is 6.90. The van der Waals surface area contributed by atoms with Gasteiger partial charge in [0, 0.05) is 19.1 Å². The zero-order chi connectivity index (χ0) is 16.0. The van der Waals surface area contributed by atoms with E-state index in [1.165, 1.54) is 11.1 Å². The van der Waals surface area contributed by atoms with Crippen LogP contribution in [0, 0.1) is 0 Å². The van der Waals surface area contributed by atoms with E-state index in [4.69, 9.17) is 0 Å². The maximum Gasteiger partial charge on any atom is 0.239 e. The van der Waals surface area contributed by atoms with Crippen molar-refractivity contribution in [2.45, 2.75) is 59.5 Å². The molecule has 0 fully saturated rings. The van der Waals surface area contributed by atoms with Gasteiger partial charge in [-0.05, 0) is 44.7 Å². The van der Waals surface area contributed by atoms with Crippen LogP contribution in [0.5, 0.6) is 0 Å². The van der Waals surface area contributed by atoms with Crippen LogP contribution in [0.15, 0.2) is 24.3 Å². The molecule has 1 amide bonds. The summed E-state index contributed by atoms with van der Waals surface area (Å²) in [6, 6.07) is 8.67. The van der Waals surface area contributed by atoms with Gasteiger partial charge in [-0.3, -0.25) is 10.1 Å². The molecule has 0 radical (unpaired) electrons. The SMILES string of the molecule is CCN(CC)C(=O)C(C)NC(C)c1ccc(C(C)C)cc1. The topological polar surface area (TPSA) is 32.3 Å². The third-order valence-electron chi connectivity index (χ3n) is 4.05. The van der Waals surface area contributed by atoms with Gasteiger partial charge in [0.1, 0.15) is 0 Å². The Morgan fingerprint density at radius 2 is 1.48 bits per heavy atom. The minimum atomic E-state index is -0.162. The predicted octanol–water partition coefficient (Wildman–Crippen LogP) is 3.72. The third kappa shape index (κ3) is 4.85. The summed E-state index contributed by atoms with van der Waals surface area (Å²) in [5.74, 6) is 0.719. The van der Waals surface area contributed by atoms with Crippen molar-refractivity contribution in [3.8, 4) is 0 Å². The van der Waals surface area contributed by atoms with Gasteiger partial charge in [-0.2, -0.15) is 0 Å². The molecule has 1 N–H and O–H groups in total. The fraction of sp³-hybridized carbons (Fsp3) is 0.611. The van der Waals surface area contributed by atoms with Crippen LogP contribution in [0.4, 0.5) is 0 Å². The molecule has 3 nitrogen and oxygen atoms in total. The van der Waals surface area contributed by atoms with E-state index >= 15 is 0 Å². The van der Waals surface area contributed by atoms with Gasteiger partial charge in [0.15, 0.2) is 0 Å². The minimum Gasteiger partial charge on any atom is -0.342 e. The van der Waals surface area contributed by atoms with E-state index in [-0.39, 0.29) is 18.0 Å². The molecule has 118 valence electrons. The Balaban J connectivity index is 2.67. The van der Waals surface area contributed by atoms with Crippen LogP contribution in [-0.2, 0) is 4.79 Å². The van der Waals surface area contributed by atoms with Gasteiger partial charge in [0.25, 0.3) is 0 Å². The molecule has 2 atom stereocenters. The summed E-state index contributed by atoms with van der Waals surface area (Å²) in [5.41, 5.74) is 2.57. The second kappa shape index (κ2) is 8.18. The Morgan fingerprint density at radius 1 is 1.00 bits per heavy atom. The van der Waals surface area contributed by atoms with Crippen LogP contribution in [0.3, 0.4) is 0 Å². The van der Waals surface area contributed by atoms with E-state index in [9.17, 15) is 4.79 Å². The molecular formula is C18H30N2O. The molecule has 1 aromatic carbocycles. The monoisotopic (exact) mass is 290 g/mol. The highest BCUT2D eigenvalue weighted by Crippen LogP contribution is 2.19. The van der Waals surface area contributed by atoms with Gasteiger partial charge in [-0.25, -0.2) is 0 Å². The third-order valence-corrected chi connectivity index (χ3v) is 4.05. The molecule has 2 unspecified atom stereocenters. The van der Waals surface area contributed by atoms with Crippen molar-refractivity contribution in [1.29, 1.82) is 0 Å². The first-order chi connectivity index (χ1) is 9.90. The summed E-state index contributed by atoms with van der Waals surface area (Å²) in [5, 5.41) is 3.40. The van der Waals surface area contributed by atoms with Crippen LogP contribution >= 0.6 is 0 Å². The highest BCUT2D eigenvalue weighted by Gasteiger charge is 2.20. The molecule has 0 heterocycles. The normalized spacial score (nSPS) is 14.0. The first-order valence-electron chi connectivity index (χ1n) is 8.05. The summed E-state index contributed by atoms with van der Waals surface area (Å²) in [6.45, 7) is 14.0. The molecule has 3 heteroatoms. The second-order valence-electron chi connectivity index (χ2n) is 5.94. The highest BCUT2D eigenvalue weighted by molar-refractivity contribution is 5.81. The van der Waals surface area contributed by atoms with Crippen molar-refractivity contribution >= 4 is 5.91 Å². The Morgan fingerprint density at radius 3 is 1.90 bits per heavy atom. The molecule has 0 spiro atoms. The average molecular weight is 290 g/mol. The highest BCUT2D eigenvalue weighted by atomic mass is 16.2. The average Bonchev–Trinajstić information content (AvgIpc) is 2.48. The van der Waals surface area contributed by atoms with E-state index in [0.717, 1.165) is 13.1 Å². The number of carbonyl (C=O) groups excluding carboxylic acids is 1. The van der Waals surface area contributed by atoms with Crippen molar-refractivity contribution in [1.82, 2.24) is 10.2 Å². The lowest BCUT2D eigenvalue weighted by Gasteiger charge is -2.26. The first kappa shape index (κ1) is 17.7. The van der Waals surface area contributed by atoms with E-state index in [1.807, 2.05) is 25.7 Å². The molecule has 1 aromatic rings. The minimum absolute atomic E-state index is 0.162. The molecule has 0 aromatic heterocycles. The molecule has 0 saturated heterocycles. The Labute approximate surface area is 129 Å². The summed E-state index contributed by atoms with van der Waals surface area (Å²) < 4.78 is 0. The first-order valence-corrected chi connectivity index (χ1v) is 8.05. The zero-order valence-electron chi connectivity index (χ0n) is 14.3. The van der Waals surface area contributed by atoms with Gasteiger partial charge in [0.05, 0.1) is 6.04 Å². The van der Waals surface area contributed by atoms with Crippen molar-refractivity contribution in [2.75, 3.05) is 13.1 Å². The summed E-state index contributed by atoms with van der Waals surface area (Å²) >= 11 is 0. The van der Waals surface area contributed by atoms with E-state index in [1.54, 1.807) is 0 Å².